The third-order valence-corrected chi connectivity index (χ3v) is 3.73. The van der Waals surface area contributed by atoms with Crippen LogP contribution in [0.15, 0.2) is 30.3 Å². The van der Waals surface area contributed by atoms with E-state index in [2.05, 4.69) is 15.3 Å². The van der Waals surface area contributed by atoms with Gasteiger partial charge in [0, 0.05) is 0 Å². The number of nitrogens with zero attached hydrogens (tertiary/aromatic N) is 2. The second-order valence-corrected chi connectivity index (χ2v) is 5.10. The van der Waals surface area contributed by atoms with E-state index in [-0.39, 0.29) is 5.75 Å². The molecule has 0 bridgehead atoms. The number of benzene rings is 2. The van der Waals surface area contributed by atoms with Crippen LogP contribution in [0.5, 0.6) is 5.75 Å². The molecule has 3 N–H and O–H groups in total. The number of anilines is 2. The summed E-state index contributed by atoms with van der Waals surface area (Å²) in [6.07, 6.45) is 0. The molecule has 0 fully saturated rings. The van der Waals surface area contributed by atoms with Gasteiger partial charge in [-0.2, -0.15) is 5.26 Å². The van der Waals surface area contributed by atoms with Gasteiger partial charge in [-0.25, -0.2) is 4.98 Å². The van der Waals surface area contributed by atoms with Gasteiger partial charge in [-0.05, 0) is 24.3 Å². The first-order valence-corrected chi connectivity index (χ1v) is 6.68. The molecule has 7 heteroatoms. The number of nitrogens with one attached hydrogen (secondary N) is 2. The maximum absolute atomic E-state index is 9.86. The van der Waals surface area contributed by atoms with E-state index in [0.717, 1.165) is 0 Å². The Kier molecular flexibility index (Phi) is 3.34. The number of fused-ring (bicyclic) bond motifs is 1. The average Bonchev–Trinajstić information content (AvgIpc) is 2.87. The van der Waals surface area contributed by atoms with E-state index in [9.17, 15) is 5.11 Å². The van der Waals surface area contributed by atoms with Crippen LogP contribution >= 0.6 is 23.2 Å². The third-order valence-electron chi connectivity index (χ3n) is 2.91. The fraction of sp³-hybridized carbons (Fsp3) is 0. The van der Waals surface area contributed by atoms with Crippen molar-refractivity contribution in [1.29, 1.82) is 5.26 Å². The molecule has 1 heterocycles. The van der Waals surface area contributed by atoms with Gasteiger partial charge in [-0.15, -0.1) is 0 Å². The molecule has 0 atom stereocenters. The van der Waals surface area contributed by atoms with E-state index in [0.29, 0.717) is 38.3 Å². The molecule has 21 heavy (non-hydrogen) atoms. The third kappa shape index (κ3) is 2.47. The van der Waals surface area contributed by atoms with Crippen LogP contribution in [0, 0.1) is 11.3 Å². The van der Waals surface area contributed by atoms with Gasteiger partial charge in [0.1, 0.15) is 11.3 Å². The molecule has 2 aromatic carbocycles. The molecule has 0 saturated carbocycles. The summed E-state index contributed by atoms with van der Waals surface area (Å²) in [7, 11) is 0. The standard InChI is InChI=1S/C14H8Cl2N4O/c15-8-2-1-3-9(12(8)16)18-14-19-10-4-7(6-17)5-11(21)13(10)20-14/h1-5,21H,(H2,18,19,20). The van der Waals surface area contributed by atoms with Crippen LogP contribution in [0.4, 0.5) is 11.6 Å². The molecule has 0 unspecified atom stereocenters. The zero-order valence-corrected chi connectivity index (χ0v) is 12.0. The van der Waals surface area contributed by atoms with Crippen molar-refractivity contribution in [3.63, 3.8) is 0 Å². The molecule has 1 aromatic heterocycles. The summed E-state index contributed by atoms with van der Waals surface area (Å²) < 4.78 is 0. The van der Waals surface area contributed by atoms with Gasteiger partial charge in [0.05, 0.1) is 32.9 Å². The van der Waals surface area contributed by atoms with Crippen LogP contribution in [0.3, 0.4) is 0 Å². The Labute approximate surface area is 129 Å². The summed E-state index contributed by atoms with van der Waals surface area (Å²) in [6, 6.07) is 10.1. The van der Waals surface area contributed by atoms with Crippen molar-refractivity contribution in [3.8, 4) is 11.8 Å². The lowest BCUT2D eigenvalue weighted by Crippen LogP contribution is -1.93. The maximum Gasteiger partial charge on any atom is 0.205 e. The Balaban J connectivity index is 2.04. The fourth-order valence-corrected chi connectivity index (χ4v) is 2.29. The summed E-state index contributed by atoms with van der Waals surface area (Å²) in [5.41, 5.74) is 1.84. The van der Waals surface area contributed by atoms with Crippen molar-refractivity contribution in [2.24, 2.45) is 0 Å². The van der Waals surface area contributed by atoms with Crippen LogP contribution in [0.2, 0.25) is 10.0 Å². The predicted octanol–water partition coefficient (Wildman–Crippen LogP) is 4.19. The van der Waals surface area contributed by atoms with Crippen LogP contribution in [-0.4, -0.2) is 15.1 Å². The minimum Gasteiger partial charge on any atom is -0.506 e. The van der Waals surface area contributed by atoms with E-state index in [4.69, 9.17) is 28.5 Å². The molecule has 0 aliphatic heterocycles. The van der Waals surface area contributed by atoms with Crippen molar-refractivity contribution in [3.05, 3.63) is 45.9 Å². The van der Waals surface area contributed by atoms with Crippen molar-refractivity contribution < 1.29 is 5.11 Å². The Morgan fingerprint density at radius 1 is 1.29 bits per heavy atom. The lowest BCUT2D eigenvalue weighted by molar-refractivity contribution is 0.480. The molecule has 0 saturated heterocycles. The topological polar surface area (TPSA) is 84.7 Å². The summed E-state index contributed by atoms with van der Waals surface area (Å²) in [5, 5.41) is 22.5. The number of hydrogen-bond donors (Lipinski definition) is 3. The Hall–Kier alpha value is -2.42. The highest BCUT2D eigenvalue weighted by Crippen LogP contribution is 2.32. The summed E-state index contributed by atoms with van der Waals surface area (Å²) in [4.78, 5) is 7.20. The molecule has 0 radical (unpaired) electrons. The first-order chi connectivity index (χ1) is 10.1. The first kappa shape index (κ1) is 13.6. The zero-order valence-electron chi connectivity index (χ0n) is 10.5. The minimum absolute atomic E-state index is 0.0400. The zero-order chi connectivity index (χ0) is 15.0. The lowest BCUT2D eigenvalue weighted by atomic mass is 10.2. The number of nitriles is 1. The number of aromatic amines is 1. The van der Waals surface area contributed by atoms with E-state index in [1.165, 1.54) is 6.07 Å². The maximum atomic E-state index is 9.86. The number of hydrogen-bond acceptors (Lipinski definition) is 4. The largest absolute Gasteiger partial charge is 0.506 e. The quantitative estimate of drug-likeness (QED) is 0.661. The number of aromatic nitrogens is 2. The number of rotatable bonds is 2. The van der Waals surface area contributed by atoms with Crippen molar-refractivity contribution in [2.75, 3.05) is 5.32 Å². The molecule has 0 spiro atoms. The van der Waals surface area contributed by atoms with Crippen molar-refractivity contribution in [1.82, 2.24) is 9.97 Å². The van der Waals surface area contributed by atoms with E-state index < -0.39 is 0 Å². The summed E-state index contributed by atoms with van der Waals surface area (Å²) in [6.45, 7) is 0. The number of aromatic hydroxyl groups is 1. The van der Waals surface area contributed by atoms with Gasteiger partial charge < -0.3 is 15.4 Å². The van der Waals surface area contributed by atoms with Gasteiger partial charge in [-0.1, -0.05) is 29.3 Å². The van der Waals surface area contributed by atoms with E-state index in [1.807, 2.05) is 6.07 Å². The smallest absolute Gasteiger partial charge is 0.205 e. The Morgan fingerprint density at radius 2 is 2.10 bits per heavy atom. The molecule has 3 rings (SSSR count). The van der Waals surface area contributed by atoms with Gasteiger partial charge in [0.15, 0.2) is 0 Å². The number of phenolic OH excluding ortho intramolecular Hbond substituents is 1. The lowest BCUT2D eigenvalue weighted by Gasteiger charge is -2.05. The molecule has 0 aliphatic carbocycles. The van der Waals surface area contributed by atoms with Crippen molar-refractivity contribution in [2.45, 2.75) is 0 Å². The molecule has 104 valence electrons. The van der Waals surface area contributed by atoms with E-state index in [1.54, 1.807) is 24.3 Å². The molecular weight excluding hydrogens is 311 g/mol. The van der Waals surface area contributed by atoms with Crippen LogP contribution in [0.25, 0.3) is 11.0 Å². The van der Waals surface area contributed by atoms with Crippen LogP contribution in [-0.2, 0) is 0 Å². The highest BCUT2D eigenvalue weighted by atomic mass is 35.5. The second-order valence-electron chi connectivity index (χ2n) is 4.31. The average molecular weight is 319 g/mol. The first-order valence-electron chi connectivity index (χ1n) is 5.92. The normalized spacial score (nSPS) is 10.5. The number of H-pyrrole nitrogens is 1. The molecule has 0 amide bonds. The van der Waals surface area contributed by atoms with E-state index >= 15 is 0 Å². The SMILES string of the molecule is N#Cc1cc(O)c2[nH]c(Nc3cccc(Cl)c3Cl)nc2c1. The summed E-state index contributed by atoms with van der Waals surface area (Å²) >= 11 is 12.0. The van der Waals surface area contributed by atoms with Gasteiger partial charge >= 0.3 is 0 Å². The Bertz CT molecular complexity index is 883. The van der Waals surface area contributed by atoms with Gasteiger partial charge in [0.2, 0.25) is 5.95 Å². The monoisotopic (exact) mass is 318 g/mol. The van der Waals surface area contributed by atoms with Crippen LogP contribution in [0.1, 0.15) is 5.56 Å². The van der Waals surface area contributed by atoms with Gasteiger partial charge in [0.25, 0.3) is 0 Å². The molecule has 0 aliphatic rings. The molecular formula is C14H8Cl2N4O. The Morgan fingerprint density at radius 3 is 2.86 bits per heavy atom. The second kappa shape index (κ2) is 5.17. The highest BCUT2D eigenvalue weighted by molar-refractivity contribution is 6.43. The number of imidazole rings is 1. The van der Waals surface area contributed by atoms with Crippen molar-refractivity contribution >= 4 is 45.9 Å². The van der Waals surface area contributed by atoms with Crippen LogP contribution < -0.4 is 5.32 Å². The molecule has 5 nitrogen and oxygen atoms in total. The van der Waals surface area contributed by atoms with Gasteiger partial charge in [-0.3, -0.25) is 0 Å². The minimum atomic E-state index is -0.0400. The predicted molar refractivity (Wildman–Crippen MR) is 82.2 cm³/mol. The highest BCUT2D eigenvalue weighted by Gasteiger charge is 2.11. The molecule has 3 aromatic rings. The fourth-order valence-electron chi connectivity index (χ4n) is 1.95. The number of halogens is 2. The summed E-state index contributed by atoms with van der Waals surface area (Å²) in [5.74, 6) is 0.348. The number of phenols is 1.